The van der Waals surface area contributed by atoms with Gasteiger partial charge in [-0.25, -0.2) is 0 Å². The summed E-state index contributed by atoms with van der Waals surface area (Å²) < 4.78 is 34.5. The fourth-order valence-electron chi connectivity index (χ4n) is 16.5. The molecule has 19 nitrogen and oxygen atoms in total. The first-order chi connectivity index (χ1) is 55.8. The van der Waals surface area contributed by atoms with Crippen LogP contribution in [0.3, 0.4) is 0 Å². The molecule has 3 saturated heterocycles. The van der Waals surface area contributed by atoms with Crippen molar-refractivity contribution >= 4 is 5.91 Å². The molecule has 3 heterocycles. The Labute approximate surface area is 695 Å². The molecule has 0 aliphatic carbocycles. The van der Waals surface area contributed by atoms with Crippen molar-refractivity contribution in [2.75, 3.05) is 26.4 Å². The van der Waals surface area contributed by atoms with Crippen molar-refractivity contribution in [2.24, 2.45) is 0 Å². The molecule has 0 aromatic heterocycles. The number of carbonyl (C=O) groups excluding carboxylic acids is 1. The van der Waals surface area contributed by atoms with Crippen molar-refractivity contribution in [1.82, 2.24) is 5.32 Å². The van der Waals surface area contributed by atoms with E-state index in [0.29, 0.717) is 12.8 Å². The number of ether oxygens (including phenoxy) is 6. The lowest BCUT2D eigenvalue weighted by Gasteiger charge is -2.48. The minimum atomic E-state index is -1.98. The number of rotatable bonds is 80. The van der Waals surface area contributed by atoms with Gasteiger partial charge in [-0.3, -0.25) is 4.79 Å². The first-order valence-electron chi connectivity index (χ1n) is 48.2. The van der Waals surface area contributed by atoms with Crippen LogP contribution in [0.2, 0.25) is 0 Å². The third-order valence-electron chi connectivity index (χ3n) is 24.2. The number of carbonyl (C=O) groups is 1. The largest absolute Gasteiger partial charge is 0.394 e. The van der Waals surface area contributed by atoms with Crippen LogP contribution in [0.1, 0.15) is 431 Å². The first-order valence-corrected chi connectivity index (χ1v) is 48.2. The molecular weight excluding hydrogens is 1440 g/mol. The van der Waals surface area contributed by atoms with Crippen LogP contribution in [0.4, 0.5) is 0 Å². The standard InChI is InChI=1S/C95H179NO18/c1-3-5-7-9-11-13-15-17-19-21-23-25-27-29-31-33-34-35-36-37-38-39-40-41-42-43-44-45-47-49-51-53-55-57-59-61-63-65-67-69-71-73-83(101)96-78(79(100)72-70-68-66-64-62-60-58-56-54-52-50-48-46-32-30-28-26-24-22-20-18-16-14-12-10-8-6-4-2)77-109-93-89(107)86(104)91(81(75-98)111-93)114-95-90(108)87(105)92(82(76-99)112-95)113-94-88(106)85(103)84(102)80(74-97)110-94/h54,56,62,64,70,72,78-82,84-95,97-100,102-108H,3-53,55,57-61,63,65-69,71,73-77H2,1-2H3,(H,96,101)/b56-54+,64-62+,72-70+. The Morgan fingerprint density at radius 3 is 0.877 bits per heavy atom. The Hall–Kier alpha value is -1.99. The quantitative estimate of drug-likeness (QED) is 0.0199. The summed E-state index contributed by atoms with van der Waals surface area (Å²) in [6.45, 7) is 1.79. The van der Waals surface area contributed by atoms with Crippen LogP contribution in [0, 0.1) is 0 Å². The maximum atomic E-state index is 13.5. The average molecular weight is 1620 g/mol. The molecule has 0 aromatic carbocycles. The van der Waals surface area contributed by atoms with E-state index in [-0.39, 0.29) is 18.9 Å². The molecule has 0 aromatic rings. The number of allylic oxidation sites excluding steroid dienone is 5. The van der Waals surface area contributed by atoms with E-state index in [1.807, 2.05) is 6.08 Å². The molecule has 0 bridgehead atoms. The van der Waals surface area contributed by atoms with Gasteiger partial charge in [0.15, 0.2) is 18.9 Å². The van der Waals surface area contributed by atoms with Crippen LogP contribution in [0.5, 0.6) is 0 Å². The molecule has 114 heavy (non-hydrogen) atoms. The van der Waals surface area contributed by atoms with Gasteiger partial charge in [-0.2, -0.15) is 0 Å². The Bertz CT molecular complexity index is 2190. The summed E-state index contributed by atoms with van der Waals surface area (Å²) in [5.41, 5.74) is 0. The molecule has 17 atom stereocenters. The Balaban J connectivity index is 1.29. The van der Waals surface area contributed by atoms with Gasteiger partial charge in [0.05, 0.1) is 38.6 Å². The van der Waals surface area contributed by atoms with Crippen LogP contribution in [-0.2, 0) is 33.2 Å². The summed E-state index contributed by atoms with van der Waals surface area (Å²) >= 11 is 0. The highest BCUT2D eigenvalue weighted by molar-refractivity contribution is 5.76. The average Bonchev–Trinajstić information content (AvgIpc) is 0.779. The minimum Gasteiger partial charge on any atom is -0.394 e. The lowest BCUT2D eigenvalue weighted by Crippen LogP contribution is -2.66. The lowest BCUT2D eigenvalue weighted by atomic mass is 9.96. The summed E-state index contributed by atoms with van der Waals surface area (Å²) in [6.07, 6.45) is 70.6. The van der Waals surface area contributed by atoms with Gasteiger partial charge in [0.25, 0.3) is 0 Å². The van der Waals surface area contributed by atoms with E-state index in [2.05, 4.69) is 43.5 Å². The molecular formula is C95H179NO18. The Morgan fingerprint density at radius 1 is 0.307 bits per heavy atom. The fourth-order valence-corrected chi connectivity index (χ4v) is 16.5. The number of amides is 1. The first kappa shape index (κ1) is 106. The molecule has 12 N–H and O–H groups in total. The van der Waals surface area contributed by atoms with Gasteiger partial charge in [-0.1, -0.05) is 416 Å². The van der Waals surface area contributed by atoms with Gasteiger partial charge < -0.3 is 89.9 Å². The van der Waals surface area contributed by atoms with E-state index in [9.17, 15) is 61.0 Å². The molecule has 3 aliphatic heterocycles. The van der Waals surface area contributed by atoms with Gasteiger partial charge in [0.2, 0.25) is 5.91 Å². The van der Waals surface area contributed by atoms with Crippen molar-refractivity contribution < 1.29 is 89.4 Å². The Morgan fingerprint density at radius 2 is 0.561 bits per heavy atom. The highest BCUT2D eigenvalue weighted by atomic mass is 16.8. The fraction of sp³-hybridized carbons (Fsp3) is 0.926. The molecule has 3 aliphatic rings. The predicted octanol–water partition coefficient (Wildman–Crippen LogP) is 19.4. The smallest absolute Gasteiger partial charge is 0.220 e. The van der Waals surface area contributed by atoms with Crippen molar-refractivity contribution in [3.05, 3.63) is 36.5 Å². The van der Waals surface area contributed by atoms with Crippen LogP contribution >= 0.6 is 0 Å². The van der Waals surface area contributed by atoms with E-state index in [1.165, 1.54) is 353 Å². The summed E-state index contributed by atoms with van der Waals surface area (Å²) in [6, 6.07) is -0.997. The van der Waals surface area contributed by atoms with Crippen molar-refractivity contribution in [1.29, 1.82) is 0 Å². The highest BCUT2D eigenvalue weighted by Gasteiger charge is 2.54. The zero-order valence-corrected chi connectivity index (χ0v) is 72.8. The maximum absolute atomic E-state index is 13.5. The van der Waals surface area contributed by atoms with Crippen molar-refractivity contribution in [3.8, 4) is 0 Å². The molecule has 3 rings (SSSR count). The number of aliphatic hydroxyl groups excluding tert-OH is 11. The Kier molecular flexibility index (Phi) is 69.7. The van der Waals surface area contributed by atoms with Gasteiger partial charge in [0, 0.05) is 6.42 Å². The van der Waals surface area contributed by atoms with E-state index < -0.39 is 124 Å². The van der Waals surface area contributed by atoms with E-state index in [4.69, 9.17) is 28.4 Å². The van der Waals surface area contributed by atoms with Crippen LogP contribution < -0.4 is 5.32 Å². The monoisotopic (exact) mass is 1620 g/mol. The number of hydrogen-bond donors (Lipinski definition) is 12. The predicted molar refractivity (Wildman–Crippen MR) is 462 cm³/mol. The highest BCUT2D eigenvalue weighted by Crippen LogP contribution is 2.34. The molecule has 17 unspecified atom stereocenters. The summed E-state index contributed by atoms with van der Waals surface area (Å²) in [5.74, 6) is -0.280. The third kappa shape index (κ3) is 52.4. The molecule has 0 saturated carbocycles. The molecule has 1 amide bonds. The SMILES string of the molecule is CCCCCCCCCCCCCCCCCCCC/C=C/CC/C=C/CC/C=C/C(O)C(COC1OC(CO)C(OC2OC(CO)C(OC3OC(CO)C(O)C(O)C3O)C(O)C2O)C(O)C1O)NC(=O)CCCCCCCCCCCCCCCCCCCCCCCCCCCCCCCCCCCCCCCCCCC. The summed E-state index contributed by atoms with van der Waals surface area (Å²) in [5, 5.41) is 121. The van der Waals surface area contributed by atoms with E-state index >= 15 is 0 Å². The second-order valence-corrected chi connectivity index (χ2v) is 34.5. The summed E-state index contributed by atoms with van der Waals surface area (Å²) in [7, 11) is 0. The van der Waals surface area contributed by atoms with Gasteiger partial charge in [0.1, 0.15) is 73.2 Å². The second-order valence-electron chi connectivity index (χ2n) is 34.5. The molecule has 19 heteroatoms. The molecule has 672 valence electrons. The zero-order valence-electron chi connectivity index (χ0n) is 72.8. The zero-order chi connectivity index (χ0) is 82.4. The number of aliphatic hydroxyl groups is 11. The third-order valence-corrected chi connectivity index (χ3v) is 24.2. The van der Waals surface area contributed by atoms with Crippen LogP contribution in [0.15, 0.2) is 36.5 Å². The summed E-state index contributed by atoms with van der Waals surface area (Å²) in [4.78, 5) is 13.5. The molecule has 0 spiro atoms. The normalized spacial score (nSPS) is 24.8. The van der Waals surface area contributed by atoms with E-state index in [1.54, 1.807) is 6.08 Å². The lowest BCUT2D eigenvalue weighted by molar-refractivity contribution is -0.379. The molecule has 0 radical (unpaired) electrons. The molecule has 3 fully saturated rings. The van der Waals surface area contributed by atoms with Crippen LogP contribution in [-0.4, -0.2) is 193 Å². The van der Waals surface area contributed by atoms with E-state index in [0.717, 1.165) is 44.9 Å². The second kappa shape index (κ2) is 74.8. The number of unbranched alkanes of at least 4 members (excludes halogenated alkanes) is 60. The topological polar surface area (TPSA) is 307 Å². The van der Waals surface area contributed by atoms with Gasteiger partial charge in [-0.15, -0.1) is 0 Å². The van der Waals surface area contributed by atoms with Crippen molar-refractivity contribution in [2.45, 2.75) is 535 Å². The minimum absolute atomic E-state index is 0.237. The number of nitrogens with one attached hydrogen (secondary N) is 1. The van der Waals surface area contributed by atoms with Crippen LogP contribution in [0.25, 0.3) is 0 Å². The maximum Gasteiger partial charge on any atom is 0.220 e. The number of hydrogen-bond acceptors (Lipinski definition) is 18. The van der Waals surface area contributed by atoms with Crippen molar-refractivity contribution in [3.63, 3.8) is 0 Å². The van der Waals surface area contributed by atoms with Gasteiger partial charge >= 0.3 is 0 Å². The van der Waals surface area contributed by atoms with Gasteiger partial charge in [-0.05, 0) is 44.9 Å².